The van der Waals surface area contributed by atoms with Crippen molar-refractivity contribution in [2.24, 2.45) is 0 Å². The summed E-state index contributed by atoms with van der Waals surface area (Å²) in [6, 6.07) is 2.37. The summed E-state index contributed by atoms with van der Waals surface area (Å²) in [5.41, 5.74) is -1.43. The van der Waals surface area contributed by atoms with Crippen LogP contribution in [0.25, 0.3) is 0 Å². The van der Waals surface area contributed by atoms with Gasteiger partial charge in [-0.25, -0.2) is 4.79 Å². The lowest BCUT2D eigenvalue weighted by atomic mass is 9.97. The van der Waals surface area contributed by atoms with Crippen LogP contribution in [0.1, 0.15) is 23.2 Å². The first-order valence-corrected chi connectivity index (χ1v) is 8.46. The van der Waals surface area contributed by atoms with E-state index in [1.165, 1.54) is 17.0 Å². The standard InChI is InChI=1S/C16H18ClN3O6/c1-18-6-4-16(5-7-18)19(13(9-26-16)15(22)23)14(21)11-8-10(20(24)25)2-3-12(11)17/h2-3,8,13H,4-7,9H2,1H3,(H,22,23)/t13-/m0/s1. The van der Waals surface area contributed by atoms with Gasteiger partial charge < -0.3 is 14.7 Å². The maximum absolute atomic E-state index is 13.2. The van der Waals surface area contributed by atoms with Crippen molar-refractivity contribution in [2.75, 3.05) is 26.7 Å². The molecule has 2 fully saturated rings. The Kier molecular flexibility index (Phi) is 4.87. The zero-order chi connectivity index (χ0) is 19.1. The number of ether oxygens (including phenoxy) is 1. The Hall–Kier alpha value is -2.23. The van der Waals surface area contributed by atoms with Gasteiger partial charge in [0.15, 0.2) is 6.04 Å². The lowest BCUT2D eigenvalue weighted by Gasteiger charge is -2.43. The van der Waals surface area contributed by atoms with Crippen LogP contribution >= 0.6 is 11.6 Å². The second-order valence-electron chi connectivity index (χ2n) is 6.51. The van der Waals surface area contributed by atoms with Crippen LogP contribution in [0.15, 0.2) is 18.2 Å². The number of carbonyl (C=O) groups is 2. The van der Waals surface area contributed by atoms with Crippen molar-refractivity contribution >= 4 is 29.2 Å². The summed E-state index contributed by atoms with van der Waals surface area (Å²) in [6.07, 6.45) is 0.900. The molecule has 140 valence electrons. The smallest absolute Gasteiger partial charge is 0.328 e. The summed E-state index contributed by atoms with van der Waals surface area (Å²) >= 11 is 6.09. The monoisotopic (exact) mass is 383 g/mol. The first-order chi connectivity index (χ1) is 12.2. The number of benzene rings is 1. The molecule has 0 unspecified atom stereocenters. The number of nitro groups is 1. The molecule has 2 saturated heterocycles. The zero-order valence-electron chi connectivity index (χ0n) is 14.1. The summed E-state index contributed by atoms with van der Waals surface area (Å²) in [6.45, 7) is 1.15. The van der Waals surface area contributed by atoms with E-state index in [1.807, 2.05) is 7.05 Å². The average molecular weight is 384 g/mol. The number of halogens is 1. The van der Waals surface area contributed by atoms with E-state index < -0.39 is 28.6 Å². The molecule has 1 atom stereocenters. The van der Waals surface area contributed by atoms with Gasteiger partial charge in [0.1, 0.15) is 5.72 Å². The zero-order valence-corrected chi connectivity index (χ0v) is 14.8. The average Bonchev–Trinajstić information content (AvgIpc) is 2.96. The Balaban J connectivity index is 2.02. The first kappa shape index (κ1) is 18.6. The number of nitrogens with zero attached hydrogens (tertiary/aromatic N) is 3. The molecule has 1 aromatic rings. The third-order valence-electron chi connectivity index (χ3n) is 4.92. The van der Waals surface area contributed by atoms with Crippen molar-refractivity contribution in [3.8, 4) is 0 Å². The number of amides is 1. The van der Waals surface area contributed by atoms with Gasteiger partial charge in [0.2, 0.25) is 0 Å². The quantitative estimate of drug-likeness (QED) is 0.622. The third kappa shape index (κ3) is 3.13. The molecule has 0 bridgehead atoms. The number of aliphatic carboxylic acids is 1. The van der Waals surface area contributed by atoms with E-state index in [9.17, 15) is 24.8 Å². The molecule has 0 aromatic heterocycles. The fourth-order valence-electron chi connectivity index (χ4n) is 3.44. The van der Waals surface area contributed by atoms with Gasteiger partial charge in [-0.1, -0.05) is 11.6 Å². The van der Waals surface area contributed by atoms with Gasteiger partial charge in [-0.15, -0.1) is 0 Å². The molecule has 0 saturated carbocycles. The molecule has 2 aliphatic heterocycles. The van der Waals surface area contributed by atoms with Crippen molar-refractivity contribution in [1.29, 1.82) is 0 Å². The SMILES string of the molecule is CN1CCC2(CC1)OC[C@@H](C(=O)O)N2C(=O)c1cc([N+](=O)[O-])ccc1Cl. The van der Waals surface area contributed by atoms with E-state index in [2.05, 4.69) is 4.90 Å². The fraction of sp³-hybridized carbons (Fsp3) is 0.500. The van der Waals surface area contributed by atoms with E-state index in [0.717, 1.165) is 6.07 Å². The topological polar surface area (TPSA) is 113 Å². The van der Waals surface area contributed by atoms with Crippen molar-refractivity contribution in [3.05, 3.63) is 38.9 Å². The summed E-state index contributed by atoms with van der Waals surface area (Å²) in [5, 5.41) is 20.6. The van der Waals surface area contributed by atoms with Gasteiger partial charge >= 0.3 is 5.97 Å². The predicted molar refractivity (Wildman–Crippen MR) is 91.1 cm³/mol. The number of carbonyl (C=O) groups excluding carboxylic acids is 1. The fourth-order valence-corrected chi connectivity index (χ4v) is 3.64. The van der Waals surface area contributed by atoms with E-state index in [-0.39, 0.29) is 22.9 Å². The molecular formula is C16H18ClN3O6. The minimum absolute atomic E-state index is 0.0275. The van der Waals surface area contributed by atoms with E-state index in [0.29, 0.717) is 25.9 Å². The normalized spacial score (nSPS) is 22.5. The highest BCUT2D eigenvalue weighted by molar-refractivity contribution is 6.34. The molecule has 2 aliphatic rings. The Morgan fingerprint density at radius 3 is 2.62 bits per heavy atom. The largest absolute Gasteiger partial charge is 0.480 e. The van der Waals surface area contributed by atoms with Crippen LogP contribution in [0.5, 0.6) is 0 Å². The number of hydrogen-bond donors (Lipinski definition) is 1. The summed E-state index contributed by atoms with van der Waals surface area (Å²) in [4.78, 5) is 38.5. The molecule has 10 heteroatoms. The second kappa shape index (κ2) is 6.82. The van der Waals surface area contributed by atoms with E-state index in [1.54, 1.807) is 0 Å². The number of carboxylic acids is 1. The minimum atomic E-state index is -1.18. The minimum Gasteiger partial charge on any atom is -0.480 e. The van der Waals surface area contributed by atoms with Gasteiger partial charge in [0.25, 0.3) is 11.6 Å². The summed E-state index contributed by atoms with van der Waals surface area (Å²) in [7, 11) is 1.93. The van der Waals surface area contributed by atoms with Crippen LogP contribution in [0.2, 0.25) is 5.02 Å². The molecule has 1 spiro atoms. The van der Waals surface area contributed by atoms with Gasteiger partial charge in [0.05, 0.1) is 22.1 Å². The third-order valence-corrected chi connectivity index (χ3v) is 5.25. The number of likely N-dealkylation sites (tertiary alicyclic amines) is 1. The number of non-ortho nitro benzene ring substituents is 1. The van der Waals surface area contributed by atoms with Gasteiger partial charge in [-0.2, -0.15) is 0 Å². The van der Waals surface area contributed by atoms with Gasteiger partial charge in [0, 0.05) is 38.1 Å². The Labute approximate surface area is 154 Å². The highest BCUT2D eigenvalue weighted by atomic mass is 35.5. The molecule has 0 aliphatic carbocycles. The number of piperidine rings is 1. The summed E-state index contributed by atoms with van der Waals surface area (Å²) < 4.78 is 5.80. The molecule has 1 amide bonds. The number of carboxylic acid groups (broad SMARTS) is 1. The van der Waals surface area contributed by atoms with Crippen LogP contribution < -0.4 is 0 Å². The van der Waals surface area contributed by atoms with Crippen LogP contribution in [-0.2, 0) is 9.53 Å². The van der Waals surface area contributed by atoms with Gasteiger partial charge in [-0.05, 0) is 13.1 Å². The number of rotatable bonds is 3. The van der Waals surface area contributed by atoms with E-state index >= 15 is 0 Å². The van der Waals surface area contributed by atoms with Gasteiger partial charge in [-0.3, -0.25) is 19.8 Å². The lowest BCUT2D eigenvalue weighted by Crippen LogP contribution is -2.57. The van der Waals surface area contributed by atoms with Crippen LogP contribution in [0, 0.1) is 10.1 Å². The molecule has 3 rings (SSSR count). The van der Waals surface area contributed by atoms with Crippen molar-refractivity contribution in [3.63, 3.8) is 0 Å². The molecule has 26 heavy (non-hydrogen) atoms. The highest BCUT2D eigenvalue weighted by Crippen LogP contribution is 2.39. The predicted octanol–water partition coefficient (Wildman–Crippen LogP) is 1.60. The Morgan fingerprint density at radius 1 is 1.38 bits per heavy atom. The Morgan fingerprint density at radius 2 is 2.04 bits per heavy atom. The molecule has 9 nitrogen and oxygen atoms in total. The molecule has 2 heterocycles. The number of hydrogen-bond acceptors (Lipinski definition) is 6. The lowest BCUT2D eigenvalue weighted by molar-refractivity contribution is -0.384. The summed E-state index contributed by atoms with van der Waals surface area (Å²) in [5.74, 6) is -1.86. The maximum Gasteiger partial charge on any atom is 0.328 e. The van der Waals surface area contributed by atoms with Crippen molar-refractivity contribution < 1.29 is 24.4 Å². The number of nitro benzene ring substituents is 1. The van der Waals surface area contributed by atoms with E-state index in [4.69, 9.17) is 16.3 Å². The van der Waals surface area contributed by atoms with Crippen LogP contribution in [-0.4, -0.2) is 70.2 Å². The Bertz CT molecular complexity index is 762. The molecule has 0 radical (unpaired) electrons. The maximum atomic E-state index is 13.2. The van der Waals surface area contributed by atoms with Crippen LogP contribution in [0.3, 0.4) is 0 Å². The van der Waals surface area contributed by atoms with Crippen LogP contribution in [0.4, 0.5) is 5.69 Å². The van der Waals surface area contributed by atoms with Crippen molar-refractivity contribution in [1.82, 2.24) is 9.80 Å². The first-order valence-electron chi connectivity index (χ1n) is 8.08. The highest BCUT2D eigenvalue weighted by Gasteiger charge is 2.54. The molecule has 1 N–H and O–H groups in total. The van der Waals surface area contributed by atoms with Crippen molar-refractivity contribution in [2.45, 2.75) is 24.6 Å². The second-order valence-corrected chi connectivity index (χ2v) is 6.92. The molecule has 1 aromatic carbocycles. The molecular weight excluding hydrogens is 366 g/mol.